The Kier molecular flexibility index (Phi) is 5.51. The molecule has 2 heterocycles. The highest BCUT2D eigenvalue weighted by atomic mass is 35.5. The van der Waals surface area contributed by atoms with Gasteiger partial charge in [-0.2, -0.15) is 5.10 Å². The normalized spacial score (nSPS) is 15.6. The van der Waals surface area contributed by atoms with Crippen molar-refractivity contribution in [3.63, 3.8) is 0 Å². The topological polar surface area (TPSA) is 80.1 Å². The van der Waals surface area contributed by atoms with Crippen LogP contribution >= 0.6 is 11.6 Å². The molecule has 7 nitrogen and oxygen atoms in total. The van der Waals surface area contributed by atoms with Gasteiger partial charge >= 0.3 is 0 Å². The fourth-order valence-electron chi connectivity index (χ4n) is 3.19. The summed E-state index contributed by atoms with van der Waals surface area (Å²) >= 11 is 6.10. The molecule has 1 saturated heterocycles. The summed E-state index contributed by atoms with van der Waals surface area (Å²) in [7, 11) is 0. The molecule has 0 atom stereocenters. The van der Waals surface area contributed by atoms with E-state index in [0.29, 0.717) is 42.3 Å². The van der Waals surface area contributed by atoms with Crippen LogP contribution in [0.2, 0.25) is 5.02 Å². The standard InChI is InChI=1S/C19H24ClN5O2/c1-19(2,3)18(27)24-8-6-13(7-9-24)17(26)23-15-10-14(20)4-5-16(15)25-12-21-11-22-25/h4-5,10-13H,6-9H2,1-3H3,(H,23,26). The van der Waals surface area contributed by atoms with E-state index in [4.69, 9.17) is 11.6 Å². The van der Waals surface area contributed by atoms with Crippen molar-refractivity contribution >= 4 is 29.1 Å². The van der Waals surface area contributed by atoms with Crippen LogP contribution in [0.25, 0.3) is 5.69 Å². The van der Waals surface area contributed by atoms with Gasteiger partial charge in [0.1, 0.15) is 12.7 Å². The Labute approximate surface area is 163 Å². The summed E-state index contributed by atoms with van der Waals surface area (Å²) in [6.45, 7) is 6.94. The lowest BCUT2D eigenvalue weighted by atomic mass is 9.90. The first-order valence-electron chi connectivity index (χ1n) is 9.00. The van der Waals surface area contributed by atoms with Gasteiger partial charge in [-0.25, -0.2) is 9.67 Å². The largest absolute Gasteiger partial charge is 0.342 e. The van der Waals surface area contributed by atoms with Crippen LogP contribution < -0.4 is 5.32 Å². The minimum Gasteiger partial charge on any atom is -0.342 e. The van der Waals surface area contributed by atoms with E-state index in [9.17, 15) is 9.59 Å². The molecule has 0 bridgehead atoms. The maximum atomic E-state index is 12.8. The number of hydrogen-bond acceptors (Lipinski definition) is 4. The summed E-state index contributed by atoms with van der Waals surface area (Å²) in [5.41, 5.74) is 0.888. The molecule has 0 saturated carbocycles. The number of benzene rings is 1. The second kappa shape index (κ2) is 7.68. The van der Waals surface area contributed by atoms with Crippen LogP contribution in [0.1, 0.15) is 33.6 Å². The van der Waals surface area contributed by atoms with Gasteiger partial charge in [0, 0.05) is 29.4 Å². The van der Waals surface area contributed by atoms with Gasteiger partial charge in [0.05, 0.1) is 11.4 Å². The zero-order chi connectivity index (χ0) is 19.6. The Morgan fingerprint density at radius 2 is 1.93 bits per heavy atom. The second-order valence-electron chi connectivity index (χ2n) is 7.81. The molecule has 2 aromatic rings. The van der Waals surface area contributed by atoms with E-state index >= 15 is 0 Å². The molecule has 3 rings (SSSR count). The van der Waals surface area contributed by atoms with E-state index in [1.165, 1.54) is 6.33 Å². The highest BCUT2D eigenvalue weighted by Gasteiger charge is 2.32. The number of carbonyl (C=O) groups excluding carboxylic acids is 2. The molecule has 8 heteroatoms. The van der Waals surface area contributed by atoms with Gasteiger partial charge in [0.25, 0.3) is 0 Å². The number of rotatable bonds is 3. The summed E-state index contributed by atoms with van der Waals surface area (Å²) < 4.78 is 1.58. The fourth-order valence-corrected chi connectivity index (χ4v) is 3.37. The average Bonchev–Trinajstić information content (AvgIpc) is 3.15. The molecule has 27 heavy (non-hydrogen) atoms. The maximum absolute atomic E-state index is 12.8. The zero-order valence-corrected chi connectivity index (χ0v) is 16.5. The van der Waals surface area contributed by atoms with E-state index in [1.807, 2.05) is 25.7 Å². The zero-order valence-electron chi connectivity index (χ0n) is 15.8. The van der Waals surface area contributed by atoms with Gasteiger partial charge in [-0.15, -0.1) is 0 Å². The first kappa shape index (κ1) is 19.4. The van der Waals surface area contributed by atoms with Gasteiger partial charge < -0.3 is 10.2 Å². The molecule has 0 unspecified atom stereocenters. The van der Waals surface area contributed by atoms with Gasteiger partial charge in [0.2, 0.25) is 11.8 Å². The lowest BCUT2D eigenvalue weighted by Crippen LogP contribution is -2.45. The number of nitrogens with zero attached hydrogens (tertiary/aromatic N) is 4. The molecular formula is C19H24ClN5O2. The monoisotopic (exact) mass is 389 g/mol. The van der Waals surface area contributed by atoms with E-state index in [2.05, 4.69) is 15.4 Å². The van der Waals surface area contributed by atoms with E-state index in [0.717, 1.165) is 0 Å². The van der Waals surface area contributed by atoms with Crippen molar-refractivity contribution in [2.75, 3.05) is 18.4 Å². The van der Waals surface area contributed by atoms with Crippen molar-refractivity contribution in [2.45, 2.75) is 33.6 Å². The van der Waals surface area contributed by atoms with Crippen molar-refractivity contribution in [1.82, 2.24) is 19.7 Å². The molecule has 1 N–H and O–H groups in total. The van der Waals surface area contributed by atoms with E-state index in [-0.39, 0.29) is 17.7 Å². The number of nitrogens with one attached hydrogen (secondary N) is 1. The number of anilines is 1. The van der Waals surface area contributed by atoms with Crippen LogP contribution in [0.4, 0.5) is 5.69 Å². The third kappa shape index (κ3) is 4.47. The number of piperidine rings is 1. The highest BCUT2D eigenvalue weighted by Crippen LogP contribution is 2.27. The lowest BCUT2D eigenvalue weighted by Gasteiger charge is -2.35. The van der Waals surface area contributed by atoms with Crippen LogP contribution in [-0.2, 0) is 9.59 Å². The minimum absolute atomic E-state index is 0.0681. The molecule has 1 aliphatic heterocycles. The van der Waals surface area contributed by atoms with Crippen molar-refractivity contribution in [1.29, 1.82) is 0 Å². The predicted octanol–water partition coefficient (Wildman–Crippen LogP) is 3.14. The third-order valence-electron chi connectivity index (χ3n) is 4.68. The van der Waals surface area contributed by atoms with Crippen LogP contribution in [0.15, 0.2) is 30.9 Å². The molecule has 144 valence electrons. The molecule has 0 spiro atoms. The molecule has 0 aliphatic carbocycles. The minimum atomic E-state index is -0.400. The first-order chi connectivity index (χ1) is 12.8. The average molecular weight is 390 g/mol. The first-order valence-corrected chi connectivity index (χ1v) is 9.38. The summed E-state index contributed by atoms with van der Waals surface area (Å²) in [5.74, 6) is -0.0808. The maximum Gasteiger partial charge on any atom is 0.227 e. The van der Waals surface area contributed by atoms with Gasteiger partial charge in [-0.3, -0.25) is 9.59 Å². The second-order valence-corrected chi connectivity index (χ2v) is 8.24. The highest BCUT2D eigenvalue weighted by molar-refractivity contribution is 6.31. The third-order valence-corrected chi connectivity index (χ3v) is 4.91. The van der Waals surface area contributed by atoms with E-state index < -0.39 is 5.41 Å². The summed E-state index contributed by atoms with van der Waals surface area (Å²) in [5, 5.41) is 7.61. The van der Waals surface area contributed by atoms with Gasteiger partial charge in [-0.05, 0) is 31.0 Å². The number of amides is 2. The van der Waals surface area contributed by atoms with Crippen molar-refractivity contribution in [2.24, 2.45) is 11.3 Å². The number of likely N-dealkylation sites (tertiary alicyclic amines) is 1. The molecule has 1 aromatic heterocycles. The Morgan fingerprint density at radius 3 is 2.52 bits per heavy atom. The number of halogens is 1. The molecule has 1 fully saturated rings. The Bertz CT molecular complexity index is 821. The number of carbonyl (C=O) groups is 2. The van der Waals surface area contributed by atoms with Crippen molar-refractivity contribution in [3.05, 3.63) is 35.9 Å². The van der Waals surface area contributed by atoms with Crippen LogP contribution in [0.5, 0.6) is 0 Å². The summed E-state index contributed by atoms with van der Waals surface area (Å²) in [6, 6.07) is 5.23. The van der Waals surface area contributed by atoms with Crippen molar-refractivity contribution in [3.8, 4) is 5.69 Å². The Morgan fingerprint density at radius 1 is 1.22 bits per heavy atom. The Balaban J connectivity index is 1.67. The van der Waals surface area contributed by atoms with Crippen LogP contribution in [0, 0.1) is 11.3 Å². The van der Waals surface area contributed by atoms with Gasteiger partial charge in [0.15, 0.2) is 0 Å². The predicted molar refractivity (Wildman–Crippen MR) is 104 cm³/mol. The number of hydrogen-bond donors (Lipinski definition) is 1. The van der Waals surface area contributed by atoms with Crippen LogP contribution in [0.3, 0.4) is 0 Å². The summed E-state index contributed by atoms with van der Waals surface area (Å²) in [6.07, 6.45) is 4.29. The summed E-state index contributed by atoms with van der Waals surface area (Å²) in [4.78, 5) is 31.0. The molecule has 1 aliphatic rings. The van der Waals surface area contributed by atoms with Crippen molar-refractivity contribution < 1.29 is 9.59 Å². The van der Waals surface area contributed by atoms with Crippen LogP contribution in [-0.4, -0.2) is 44.6 Å². The number of aromatic nitrogens is 3. The fraction of sp³-hybridized carbons (Fsp3) is 0.474. The Hall–Kier alpha value is -2.41. The molecule has 2 amide bonds. The molecule has 1 aromatic carbocycles. The SMILES string of the molecule is CC(C)(C)C(=O)N1CCC(C(=O)Nc2cc(Cl)ccc2-n2cncn2)CC1. The molecular weight excluding hydrogens is 366 g/mol. The quantitative estimate of drug-likeness (QED) is 0.874. The van der Waals surface area contributed by atoms with E-state index in [1.54, 1.807) is 29.2 Å². The lowest BCUT2D eigenvalue weighted by molar-refractivity contribution is -0.142. The molecule has 0 radical (unpaired) electrons. The van der Waals surface area contributed by atoms with Gasteiger partial charge in [-0.1, -0.05) is 32.4 Å². The smallest absolute Gasteiger partial charge is 0.227 e.